The zero-order valence-electron chi connectivity index (χ0n) is 10.5. The lowest BCUT2D eigenvalue weighted by Crippen LogP contribution is -2.59. The number of likely N-dealkylation sites (tertiary alicyclic amines) is 1. The predicted octanol–water partition coefficient (Wildman–Crippen LogP) is 2.37. The molecular formula is C14H24NO+. The van der Waals surface area contributed by atoms with Crippen molar-refractivity contribution in [3.8, 4) is 0 Å². The second kappa shape index (κ2) is 3.83. The van der Waals surface area contributed by atoms with Gasteiger partial charge in [0.15, 0.2) is 0 Å². The third kappa shape index (κ3) is 1.54. The van der Waals surface area contributed by atoms with Crippen molar-refractivity contribution in [2.24, 2.45) is 11.8 Å². The van der Waals surface area contributed by atoms with Crippen LogP contribution in [0, 0.1) is 11.8 Å². The molecule has 3 atom stereocenters. The van der Waals surface area contributed by atoms with Crippen LogP contribution < -0.4 is 0 Å². The standard InChI is InChI=1S/C14H24NO/c1-15(9-3-2-4-10-15)13-8-6-11-5-7-12(13)14(11)16/h11-13H,2-10H2,1H3/q+1/t11-,12+,13-/m0/s1. The molecular weight excluding hydrogens is 198 g/mol. The molecule has 2 aliphatic carbocycles. The van der Waals surface area contributed by atoms with Gasteiger partial charge in [0, 0.05) is 12.3 Å². The minimum absolute atomic E-state index is 0.432. The maximum Gasteiger partial charge on any atom is 0.144 e. The molecule has 0 spiro atoms. The van der Waals surface area contributed by atoms with Crippen molar-refractivity contribution in [2.75, 3.05) is 20.1 Å². The Kier molecular flexibility index (Phi) is 2.58. The average Bonchev–Trinajstić information content (AvgIpc) is 2.53. The maximum absolute atomic E-state index is 12.2. The van der Waals surface area contributed by atoms with E-state index in [9.17, 15) is 4.79 Å². The van der Waals surface area contributed by atoms with E-state index in [1.165, 1.54) is 62.5 Å². The Morgan fingerprint density at radius 1 is 1.00 bits per heavy atom. The van der Waals surface area contributed by atoms with Crippen molar-refractivity contribution in [1.82, 2.24) is 0 Å². The Labute approximate surface area is 98.6 Å². The first-order chi connectivity index (χ1) is 7.71. The van der Waals surface area contributed by atoms with Crippen LogP contribution in [0.25, 0.3) is 0 Å². The number of quaternary nitrogens is 1. The van der Waals surface area contributed by atoms with Crippen molar-refractivity contribution >= 4 is 5.78 Å². The van der Waals surface area contributed by atoms with Gasteiger partial charge in [-0.3, -0.25) is 4.79 Å². The van der Waals surface area contributed by atoms with Crippen molar-refractivity contribution in [2.45, 2.75) is 51.0 Å². The molecule has 2 nitrogen and oxygen atoms in total. The van der Waals surface area contributed by atoms with Crippen LogP contribution in [0.1, 0.15) is 44.9 Å². The van der Waals surface area contributed by atoms with E-state index in [2.05, 4.69) is 7.05 Å². The fraction of sp³-hybridized carbons (Fsp3) is 0.929. The fourth-order valence-corrected chi connectivity index (χ4v) is 4.52. The van der Waals surface area contributed by atoms with Gasteiger partial charge in [0.2, 0.25) is 0 Å². The number of hydrogen-bond donors (Lipinski definition) is 0. The molecule has 0 aromatic rings. The Morgan fingerprint density at radius 2 is 1.69 bits per heavy atom. The molecule has 90 valence electrons. The van der Waals surface area contributed by atoms with E-state index < -0.39 is 0 Å². The molecule has 0 unspecified atom stereocenters. The first-order valence-electron chi connectivity index (χ1n) is 7.09. The van der Waals surface area contributed by atoms with Gasteiger partial charge in [-0.15, -0.1) is 0 Å². The molecule has 16 heavy (non-hydrogen) atoms. The van der Waals surface area contributed by atoms with Gasteiger partial charge in [-0.05, 0) is 38.5 Å². The normalized spacial score (nSPS) is 42.3. The van der Waals surface area contributed by atoms with Gasteiger partial charge in [0.1, 0.15) is 5.78 Å². The average molecular weight is 222 g/mol. The molecule has 1 saturated heterocycles. The van der Waals surface area contributed by atoms with Crippen LogP contribution in [0.3, 0.4) is 0 Å². The second-order valence-corrected chi connectivity index (χ2v) is 6.42. The number of fused-ring (bicyclic) bond motifs is 2. The van der Waals surface area contributed by atoms with Gasteiger partial charge in [-0.25, -0.2) is 0 Å². The van der Waals surface area contributed by atoms with Gasteiger partial charge in [0.25, 0.3) is 0 Å². The third-order valence-corrected chi connectivity index (χ3v) is 5.51. The minimum Gasteiger partial charge on any atom is -0.323 e. The highest BCUT2D eigenvalue weighted by Crippen LogP contribution is 2.43. The number of ketones is 1. The van der Waals surface area contributed by atoms with Crippen LogP contribution in [-0.2, 0) is 4.79 Å². The Bertz CT molecular complexity index is 293. The highest BCUT2D eigenvalue weighted by molar-refractivity contribution is 5.86. The predicted molar refractivity (Wildman–Crippen MR) is 64.0 cm³/mol. The Balaban J connectivity index is 1.81. The summed E-state index contributed by atoms with van der Waals surface area (Å²) < 4.78 is 1.21. The van der Waals surface area contributed by atoms with E-state index in [0.717, 1.165) is 0 Å². The van der Waals surface area contributed by atoms with E-state index in [4.69, 9.17) is 0 Å². The van der Waals surface area contributed by atoms with Crippen LogP contribution in [0.5, 0.6) is 0 Å². The summed E-state index contributed by atoms with van der Waals surface area (Å²) in [5, 5.41) is 0. The van der Waals surface area contributed by atoms with Gasteiger partial charge >= 0.3 is 0 Å². The molecule has 3 fully saturated rings. The van der Waals surface area contributed by atoms with E-state index >= 15 is 0 Å². The molecule has 2 bridgehead atoms. The summed E-state index contributed by atoms with van der Waals surface area (Å²) in [6, 6.07) is 0.673. The summed E-state index contributed by atoms with van der Waals surface area (Å²) in [5.74, 6) is 1.51. The van der Waals surface area contributed by atoms with Crippen LogP contribution in [0.15, 0.2) is 0 Å². The molecule has 2 heteroatoms. The number of rotatable bonds is 1. The van der Waals surface area contributed by atoms with Gasteiger partial charge in [-0.1, -0.05) is 0 Å². The van der Waals surface area contributed by atoms with Crippen LogP contribution in [0.4, 0.5) is 0 Å². The van der Waals surface area contributed by atoms with E-state index in [1.807, 2.05) is 0 Å². The molecule has 0 aromatic carbocycles. The van der Waals surface area contributed by atoms with E-state index in [-0.39, 0.29) is 0 Å². The largest absolute Gasteiger partial charge is 0.323 e. The zero-order chi connectivity index (χ0) is 11.2. The molecule has 0 radical (unpaired) electrons. The Hall–Kier alpha value is -0.370. The number of hydrogen-bond acceptors (Lipinski definition) is 1. The smallest absolute Gasteiger partial charge is 0.144 e. The third-order valence-electron chi connectivity index (χ3n) is 5.51. The van der Waals surface area contributed by atoms with E-state index in [1.54, 1.807) is 0 Å². The highest BCUT2D eigenvalue weighted by atomic mass is 16.1. The summed E-state index contributed by atoms with van der Waals surface area (Å²) in [6.07, 6.45) is 9.05. The number of carbonyl (C=O) groups excluding carboxylic acids is 1. The van der Waals surface area contributed by atoms with Gasteiger partial charge < -0.3 is 4.48 Å². The summed E-state index contributed by atoms with van der Waals surface area (Å²) in [6.45, 7) is 2.64. The minimum atomic E-state index is 0.432. The lowest BCUT2D eigenvalue weighted by molar-refractivity contribution is -0.940. The molecule has 0 amide bonds. The molecule has 0 N–H and O–H groups in total. The molecule has 1 aliphatic heterocycles. The summed E-state index contributed by atoms with van der Waals surface area (Å²) in [7, 11) is 2.41. The summed E-state index contributed by atoms with van der Waals surface area (Å²) in [5.41, 5.74) is 0. The molecule has 3 rings (SSSR count). The number of Topliss-reactive ketones (excluding diaryl/α,β-unsaturated/α-hetero) is 1. The Morgan fingerprint density at radius 3 is 2.44 bits per heavy atom. The quantitative estimate of drug-likeness (QED) is 0.623. The number of nitrogens with zero attached hydrogens (tertiary/aromatic N) is 1. The highest BCUT2D eigenvalue weighted by Gasteiger charge is 2.50. The zero-order valence-corrected chi connectivity index (χ0v) is 10.5. The lowest BCUT2D eigenvalue weighted by Gasteiger charge is -2.47. The first-order valence-corrected chi connectivity index (χ1v) is 7.09. The second-order valence-electron chi connectivity index (χ2n) is 6.42. The summed E-state index contributed by atoms with van der Waals surface area (Å²) in [4.78, 5) is 12.2. The monoisotopic (exact) mass is 222 g/mol. The molecule has 0 aromatic heterocycles. The first kappa shape index (κ1) is 10.8. The number of piperidine rings is 1. The van der Waals surface area contributed by atoms with Crippen molar-refractivity contribution in [1.29, 1.82) is 0 Å². The van der Waals surface area contributed by atoms with Crippen molar-refractivity contribution < 1.29 is 9.28 Å². The SMILES string of the molecule is C[N+]1([C@H]2CC[C@@H]3CC[C@H]2C3=O)CCCCC1. The van der Waals surface area contributed by atoms with Crippen LogP contribution in [0.2, 0.25) is 0 Å². The molecule has 2 saturated carbocycles. The van der Waals surface area contributed by atoms with E-state index in [0.29, 0.717) is 23.7 Å². The van der Waals surface area contributed by atoms with Crippen LogP contribution >= 0.6 is 0 Å². The van der Waals surface area contributed by atoms with Gasteiger partial charge in [-0.2, -0.15) is 0 Å². The summed E-state index contributed by atoms with van der Waals surface area (Å²) >= 11 is 0. The maximum atomic E-state index is 12.2. The van der Waals surface area contributed by atoms with Crippen molar-refractivity contribution in [3.63, 3.8) is 0 Å². The number of carbonyl (C=O) groups is 1. The van der Waals surface area contributed by atoms with Crippen molar-refractivity contribution in [3.05, 3.63) is 0 Å². The molecule has 1 heterocycles. The lowest BCUT2D eigenvalue weighted by atomic mass is 9.81. The van der Waals surface area contributed by atoms with Crippen LogP contribution in [-0.4, -0.2) is 36.4 Å². The fourth-order valence-electron chi connectivity index (χ4n) is 4.52. The molecule has 3 aliphatic rings. The topological polar surface area (TPSA) is 17.1 Å². The van der Waals surface area contributed by atoms with Gasteiger partial charge in [0.05, 0.1) is 32.1 Å².